The van der Waals surface area contributed by atoms with E-state index in [0.29, 0.717) is 24.3 Å². The zero-order valence-electron chi connectivity index (χ0n) is 16.7. The van der Waals surface area contributed by atoms with E-state index in [-0.39, 0.29) is 12.5 Å². The average molecular weight is 414 g/mol. The van der Waals surface area contributed by atoms with Crippen LogP contribution >= 0.6 is 0 Å². The second-order valence-corrected chi connectivity index (χ2v) is 9.09. The van der Waals surface area contributed by atoms with Crippen LogP contribution in [0.4, 0.5) is 5.69 Å². The zero-order chi connectivity index (χ0) is 20.9. The fourth-order valence-electron chi connectivity index (χ4n) is 3.45. The van der Waals surface area contributed by atoms with Gasteiger partial charge in [0.15, 0.2) is 0 Å². The maximum absolute atomic E-state index is 12.8. The maximum atomic E-state index is 12.8. The summed E-state index contributed by atoms with van der Waals surface area (Å²) in [5.41, 5.74) is 2.37. The predicted molar refractivity (Wildman–Crippen MR) is 116 cm³/mol. The number of piperazine rings is 1. The molecule has 0 saturated carbocycles. The molecule has 0 bridgehead atoms. The Morgan fingerprint density at radius 2 is 1.66 bits per heavy atom. The molecule has 7 heteroatoms. The molecule has 2 aromatic rings. The standard InChI is InChI=1S/C22H27N3O3S/c1-3-13-25(29(2,27)28)21-11-9-20(10-12-21)22(26)24-16-14-23(15-17-24)18-19-7-5-4-6-8-19/h3-12H,1,13-18H2,2H3. The average Bonchev–Trinajstić information content (AvgIpc) is 2.72. The van der Waals surface area contributed by atoms with Gasteiger partial charge in [0.2, 0.25) is 10.0 Å². The number of hydrogen-bond donors (Lipinski definition) is 0. The summed E-state index contributed by atoms with van der Waals surface area (Å²) in [6.07, 6.45) is 2.69. The highest BCUT2D eigenvalue weighted by atomic mass is 32.2. The predicted octanol–water partition coefficient (Wildman–Crippen LogP) is 2.60. The monoisotopic (exact) mass is 413 g/mol. The van der Waals surface area contributed by atoms with Gasteiger partial charge < -0.3 is 4.90 Å². The normalized spacial score (nSPS) is 15.1. The third-order valence-electron chi connectivity index (χ3n) is 5.01. The van der Waals surface area contributed by atoms with E-state index in [1.165, 1.54) is 15.9 Å². The van der Waals surface area contributed by atoms with Crippen molar-refractivity contribution in [3.8, 4) is 0 Å². The number of rotatable bonds is 7. The fraction of sp³-hybridized carbons (Fsp3) is 0.318. The summed E-state index contributed by atoms with van der Waals surface area (Å²) >= 11 is 0. The minimum absolute atomic E-state index is 0.0227. The van der Waals surface area contributed by atoms with Gasteiger partial charge in [-0.05, 0) is 29.8 Å². The summed E-state index contributed by atoms with van der Waals surface area (Å²) in [5, 5.41) is 0. The van der Waals surface area contributed by atoms with Gasteiger partial charge in [-0.25, -0.2) is 8.42 Å². The van der Waals surface area contributed by atoms with Gasteiger partial charge in [0.05, 0.1) is 18.5 Å². The Morgan fingerprint density at radius 1 is 1.03 bits per heavy atom. The van der Waals surface area contributed by atoms with Gasteiger partial charge in [-0.1, -0.05) is 36.4 Å². The van der Waals surface area contributed by atoms with Crippen LogP contribution in [0.15, 0.2) is 67.3 Å². The molecule has 1 saturated heterocycles. The van der Waals surface area contributed by atoms with E-state index in [2.05, 4.69) is 23.6 Å². The molecule has 0 aromatic heterocycles. The highest BCUT2D eigenvalue weighted by Gasteiger charge is 2.23. The molecule has 1 amide bonds. The lowest BCUT2D eigenvalue weighted by atomic mass is 10.1. The van der Waals surface area contributed by atoms with E-state index >= 15 is 0 Å². The van der Waals surface area contributed by atoms with Crippen LogP contribution in [0, 0.1) is 0 Å². The molecule has 1 aliphatic rings. The van der Waals surface area contributed by atoms with Crippen molar-refractivity contribution in [3.63, 3.8) is 0 Å². The van der Waals surface area contributed by atoms with Crippen LogP contribution in [0.5, 0.6) is 0 Å². The third-order valence-corrected chi connectivity index (χ3v) is 6.17. The van der Waals surface area contributed by atoms with Crippen molar-refractivity contribution < 1.29 is 13.2 Å². The van der Waals surface area contributed by atoms with Crippen LogP contribution < -0.4 is 4.31 Å². The molecular weight excluding hydrogens is 386 g/mol. The summed E-state index contributed by atoms with van der Waals surface area (Å²) in [4.78, 5) is 17.0. The molecule has 3 rings (SSSR count). The van der Waals surface area contributed by atoms with Crippen molar-refractivity contribution in [2.45, 2.75) is 6.54 Å². The molecule has 154 valence electrons. The molecule has 0 atom stereocenters. The maximum Gasteiger partial charge on any atom is 0.253 e. The number of carbonyl (C=O) groups excluding carboxylic acids is 1. The summed E-state index contributed by atoms with van der Waals surface area (Å²) in [7, 11) is -3.40. The number of amides is 1. The summed E-state index contributed by atoms with van der Waals surface area (Å²) < 4.78 is 25.2. The smallest absolute Gasteiger partial charge is 0.253 e. The summed E-state index contributed by atoms with van der Waals surface area (Å²) in [6.45, 7) is 7.72. The summed E-state index contributed by atoms with van der Waals surface area (Å²) in [5.74, 6) is -0.0227. The molecule has 1 fully saturated rings. The SMILES string of the molecule is C=CCN(c1ccc(C(=O)N2CCN(Cc3ccccc3)CC2)cc1)S(C)(=O)=O. The van der Waals surface area contributed by atoms with Gasteiger partial charge in [-0.2, -0.15) is 0 Å². The molecule has 1 heterocycles. The first-order valence-electron chi connectivity index (χ1n) is 9.62. The highest BCUT2D eigenvalue weighted by Crippen LogP contribution is 2.19. The number of carbonyl (C=O) groups is 1. The molecule has 2 aromatic carbocycles. The first kappa shape index (κ1) is 21.1. The zero-order valence-corrected chi connectivity index (χ0v) is 17.5. The van der Waals surface area contributed by atoms with Crippen molar-refractivity contribution in [2.75, 3.05) is 43.3 Å². The van der Waals surface area contributed by atoms with E-state index in [4.69, 9.17) is 0 Å². The molecule has 0 N–H and O–H groups in total. The minimum atomic E-state index is -3.40. The number of sulfonamides is 1. The van der Waals surface area contributed by atoms with Crippen molar-refractivity contribution in [2.24, 2.45) is 0 Å². The highest BCUT2D eigenvalue weighted by molar-refractivity contribution is 7.92. The lowest BCUT2D eigenvalue weighted by Crippen LogP contribution is -2.48. The van der Waals surface area contributed by atoms with Gasteiger partial charge in [0, 0.05) is 38.3 Å². The van der Waals surface area contributed by atoms with Crippen LogP contribution in [0.25, 0.3) is 0 Å². The Morgan fingerprint density at radius 3 is 2.21 bits per heavy atom. The topological polar surface area (TPSA) is 60.9 Å². The second-order valence-electron chi connectivity index (χ2n) is 7.18. The van der Waals surface area contributed by atoms with Gasteiger partial charge in [-0.15, -0.1) is 6.58 Å². The van der Waals surface area contributed by atoms with Crippen molar-refractivity contribution in [1.29, 1.82) is 0 Å². The van der Waals surface area contributed by atoms with E-state index in [1.54, 1.807) is 24.3 Å². The van der Waals surface area contributed by atoms with Gasteiger partial charge in [-0.3, -0.25) is 14.0 Å². The number of benzene rings is 2. The van der Waals surface area contributed by atoms with Crippen molar-refractivity contribution in [3.05, 3.63) is 78.4 Å². The van der Waals surface area contributed by atoms with Crippen LogP contribution in [0.2, 0.25) is 0 Å². The Labute approximate surface area is 173 Å². The quantitative estimate of drug-likeness (QED) is 0.655. The summed E-state index contributed by atoms with van der Waals surface area (Å²) in [6, 6.07) is 17.0. The minimum Gasteiger partial charge on any atom is -0.336 e. The molecule has 0 spiro atoms. The van der Waals surface area contributed by atoms with Crippen LogP contribution in [0.3, 0.4) is 0 Å². The number of anilines is 1. The second kappa shape index (κ2) is 9.24. The molecule has 0 aliphatic carbocycles. The Balaban J connectivity index is 1.60. The van der Waals surface area contributed by atoms with Crippen molar-refractivity contribution in [1.82, 2.24) is 9.80 Å². The lowest BCUT2D eigenvalue weighted by Gasteiger charge is -2.34. The van der Waals surface area contributed by atoms with Crippen molar-refractivity contribution >= 4 is 21.6 Å². The van der Waals surface area contributed by atoms with Crippen LogP contribution in [0.1, 0.15) is 15.9 Å². The van der Waals surface area contributed by atoms with E-state index in [1.807, 2.05) is 23.1 Å². The number of hydrogen-bond acceptors (Lipinski definition) is 4. The fourth-order valence-corrected chi connectivity index (χ4v) is 4.33. The van der Waals surface area contributed by atoms with Crippen LogP contribution in [-0.4, -0.2) is 63.1 Å². The molecule has 6 nitrogen and oxygen atoms in total. The number of nitrogens with zero attached hydrogens (tertiary/aromatic N) is 3. The lowest BCUT2D eigenvalue weighted by molar-refractivity contribution is 0.0628. The molecular formula is C22H27N3O3S. The van der Waals surface area contributed by atoms with Crippen LogP contribution in [-0.2, 0) is 16.6 Å². The first-order valence-corrected chi connectivity index (χ1v) is 11.5. The first-order chi connectivity index (χ1) is 13.9. The Hall–Kier alpha value is -2.64. The third kappa shape index (κ3) is 5.46. The molecule has 0 radical (unpaired) electrons. The van der Waals surface area contributed by atoms with Gasteiger partial charge in [0.1, 0.15) is 0 Å². The molecule has 0 unspecified atom stereocenters. The van der Waals surface area contributed by atoms with Gasteiger partial charge >= 0.3 is 0 Å². The van der Waals surface area contributed by atoms with E-state index < -0.39 is 10.0 Å². The molecule has 1 aliphatic heterocycles. The molecule has 29 heavy (non-hydrogen) atoms. The largest absolute Gasteiger partial charge is 0.336 e. The van der Waals surface area contributed by atoms with Gasteiger partial charge in [0.25, 0.3) is 5.91 Å². The Bertz CT molecular complexity index is 935. The van der Waals surface area contributed by atoms with E-state index in [9.17, 15) is 13.2 Å². The van der Waals surface area contributed by atoms with E-state index in [0.717, 1.165) is 25.9 Å². The Kier molecular flexibility index (Phi) is 6.71.